The van der Waals surface area contributed by atoms with E-state index in [-0.39, 0.29) is 18.9 Å². The summed E-state index contributed by atoms with van der Waals surface area (Å²) in [6.45, 7) is 11.1. The Kier molecular flexibility index (Phi) is 19.0. The summed E-state index contributed by atoms with van der Waals surface area (Å²) in [4.78, 5) is 0. The first-order chi connectivity index (χ1) is 8.70. The molecule has 0 aliphatic rings. The monoisotopic (exact) mass is 264 g/mol. The van der Waals surface area contributed by atoms with Gasteiger partial charge in [0, 0.05) is 13.2 Å². The molecule has 3 heteroatoms. The number of hydrogen-bond acceptors (Lipinski definition) is 2. The molecule has 19 heavy (non-hydrogen) atoms. The molecule has 2 nitrogen and oxygen atoms in total. The van der Waals surface area contributed by atoms with E-state index in [0.29, 0.717) is 6.79 Å². The van der Waals surface area contributed by atoms with E-state index in [1.807, 2.05) is 0 Å². The Labute approximate surface area is 133 Å². The topological polar surface area (TPSA) is 18.5 Å². The van der Waals surface area contributed by atoms with E-state index in [1.165, 1.54) is 25.7 Å². The zero-order valence-corrected chi connectivity index (χ0v) is 13.9. The summed E-state index contributed by atoms with van der Waals surface area (Å²) in [5, 5.41) is 0. The van der Waals surface area contributed by atoms with Crippen LogP contribution in [0.2, 0.25) is 0 Å². The van der Waals surface area contributed by atoms with Crippen molar-refractivity contribution in [2.45, 2.75) is 66.2 Å². The molecule has 0 amide bonds. The molecule has 0 aliphatic heterocycles. The van der Waals surface area contributed by atoms with Crippen LogP contribution in [0.3, 0.4) is 0 Å². The Morgan fingerprint density at radius 2 is 1.63 bits per heavy atom. The summed E-state index contributed by atoms with van der Waals surface area (Å²) in [7, 11) is 0. The number of ether oxygens (including phenoxy) is 2. The average molecular weight is 264 g/mol. The van der Waals surface area contributed by atoms with E-state index < -0.39 is 0 Å². The van der Waals surface area contributed by atoms with Crippen LogP contribution in [0.4, 0.5) is 0 Å². The summed E-state index contributed by atoms with van der Waals surface area (Å²) in [6, 6.07) is 0. The van der Waals surface area contributed by atoms with Crippen molar-refractivity contribution in [2.24, 2.45) is 11.8 Å². The molecule has 0 aromatic heterocycles. The fourth-order valence-electron chi connectivity index (χ4n) is 2.26. The standard InChI is InChI=1S/C16H33O2.Li/c1-5-7-11-17-14-18-12-8-10-16(4)13-15(3)9-6-2;/h6,15-16H,5,7-14H2,1-4H3;/q-1;+1. The van der Waals surface area contributed by atoms with E-state index >= 15 is 0 Å². The molecule has 0 spiro atoms. The SMILES string of the molecule is C[CH-]CC(C)CC(C)CCCOCOCCCC.[Li+]. The van der Waals surface area contributed by atoms with Crippen LogP contribution in [0.15, 0.2) is 0 Å². The summed E-state index contributed by atoms with van der Waals surface area (Å²) in [5.41, 5.74) is 0. The van der Waals surface area contributed by atoms with Crippen molar-refractivity contribution in [3.8, 4) is 0 Å². The molecule has 0 saturated carbocycles. The van der Waals surface area contributed by atoms with Crippen molar-refractivity contribution >= 4 is 0 Å². The molecule has 0 aromatic rings. The minimum absolute atomic E-state index is 0. The van der Waals surface area contributed by atoms with Gasteiger partial charge in [0.1, 0.15) is 6.79 Å². The van der Waals surface area contributed by atoms with Gasteiger partial charge in [0.2, 0.25) is 0 Å². The Balaban J connectivity index is 0. The molecule has 0 fully saturated rings. The van der Waals surface area contributed by atoms with Crippen LogP contribution in [-0.2, 0) is 9.47 Å². The van der Waals surface area contributed by atoms with E-state index in [2.05, 4.69) is 34.1 Å². The molecule has 0 bridgehead atoms. The van der Waals surface area contributed by atoms with Crippen LogP contribution in [0.5, 0.6) is 0 Å². The van der Waals surface area contributed by atoms with Gasteiger partial charge in [0.15, 0.2) is 0 Å². The van der Waals surface area contributed by atoms with Gasteiger partial charge in [-0.3, -0.25) is 0 Å². The van der Waals surface area contributed by atoms with Crippen molar-refractivity contribution in [1.82, 2.24) is 0 Å². The second kappa shape index (κ2) is 16.6. The molecular weight excluding hydrogens is 231 g/mol. The van der Waals surface area contributed by atoms with Crippen LogP contribution in [0.1, 0.15) is 66.2 Å². The van der Waals surface area contributed by atoms with Crippen molar-refractivity contribution < 1.29 is 28.3 Å². The molecule has 2 atom stereocenters. The van der Waals surface area contributed by atoms with Crippen LogP contribution in [-0.4, -0.2) is 20.0 Å². The molecule has 0 aromatic carbocycles. The van der Waals surface area contributed by atoms with E-state index in [1.54, 1.807) is 0 Å². The largest absolute Gasteiger partial charge is 1.00 e. The number of unbranched alkanes of at least 4 members (excludes halogenated alkanes) is 1. The van der Waals surface area contributed by atoms with Gasteiger partial charge in [-0.25, -0.2) is 0 Å². The van der Waals surface area contributed by atoms with Gasteiger partial charge in [-0.2, -0.15) is 13.3 Å². The van der Waals surface area contributed by atoms with Gasteiger partial charge in [0.25, 0.3) is 0 Å². The summed E-state index contributed by atoms with van der Waals surface area (Å²) in [5.74, 6) is 1.63. The van der Waals surface area contributed by atoms with Crippen LogP contribution in [0, 0.1) is 18.3 Å². The van der Waals surface area contributed by atoms with Gasteiger partial charge in [0.05, 0.1) is 0 Å². The average Bonchev–Trinajstić information content (AvgIpc) is 2.32. The maximum absolute atomic E-state index is 5.45. The van der Waals surface area contributed by atoms with Gasteiger partial charge in [-0.15, -0.1) is 0 Å². The van der Waals surface area contributed by atoms with Crippen LogP contribution >= 0.6 is 0 Å². The van der Waals surface area contributed by atoms with E-state index in [0.717, 1.165) is 37.9 Å². The summed E-state index contributed by atoms with van der Waals surface area (Å²) >= 11 is 0. The third kappa shape index (κ3) is 16.5. The number of hydrogen-bond donors (Lipinski definition) is 0. The minimum atomic E-state index is 0. The molecule has 0 radical (unpaired) electrons. The van der Waals surface area contributed by atoms with Crippen molar-refractivity contribution in [3.63, 3.8) is 0 Å². The van der Waals surface area contributed by atoms with Crippen LogP contribution in [0.25, 0.3) is 0 Å². The fourth-order valence-corrected chi connectivity index (χ4v) is 2.26. The molecule has 0 heterocycles. The van der Waals surface area contributed by atoms with E-state index in [4.69, 9.17) is 9.47 Å². The second-order valence-electron chi connectivity index (χ2n) is 5.52. The molecule has 0 aliphatic carbocycles. The Morgan fingerprint density at radius 1 is 1.00 bits per heavy atom. The predicted octanol–water partition coefficient (Wildman–Crippen LogP) is 1.84. The zero-order chi connectivity index (χ0) is 13.6. The molecule has 0 saturated heterocycles. The Hall–Kier alpha value is 0.517. The first-order valence-electron chi connectivity index (χ1n) is 7.64. The smallest absolute Gasteiger partial charge is 0.355 e. The molecule has 2 unspecified atom stereocenters. The molecule has 110 valence electrons. The summed E-state index contributed by atoms with van der Waals surface area (Å²) < 4.78 is 10.8. The van der Waals surface area contributed by atoms with Gasteiger partial charge >= 0.3 is 18.9 Å². The Bertz CT molecular complexity index is 165. The first-order valence-corrected chi connectivity index (χ1v) is 7.64. The van der Waals surface area contributed by atoms with Crippen molar-refractivity contribution in [1.29, 1.82) is 0 Å². The first kappa shape index (κ1) is 21.8. The van der Waals surface area contributed by atoms with E-state index in [9.17, 15) is 0 Å². The molecular formula is C16H33LiO2. The third-order valence-electron chi connectivity index (χ3n) is 3.24. The maximum Gasteiger partial charge on any atom is 1.00 e. The minimum Gasteiger partial charge on any atom is -0.355 e. The normalized spacial score (nSPS) is 13.9. The molecule has 0 rings (SSSR count). The van der Waals surface area contributed by atoms with Crippen LogP contribution < -0.4 is 18.9 Å². The molecule has 0 N–H and O–H groups in total. The zero-order valence-electron chi connectivity index (χ0n) is 13.9. The predicted molar refractivity (Wildman–Crippen MR) is 78.4 cm³/mol. The van der Waals surface area contributed by atoms with Gasteiger partial charge < -0.3 is 15.9 Å². The second-order valence-corrected chi connectivity index (χ2v) is 5.52. The Morgan fingerprint density at radius 3 is 2.21 bits per heavy atom. The van der Waals surface area contributed by atoms with Gasteiger partial charge in [-0.05, 0) is 25.2 Å². The number of rotatable bonds is 13. The third-order valence-corrected chi connectivity index (χ3v) is 3.24. The fraction of sp³-hybridized carbons (Fsp3) is 0.938. The van der Waals surface area contributed by atoms with Crippen molar-refractivity contribution in [2.75, 3.05) is 20.0 Å². The maximum atomic E-state index is 5.45. The summed E-state index contributed by atoms with van der Waals surface area (Å²) in [6.07, 6.45) is 9.58. The van der Waals surface area contributed by atoms with Gasteiger partial charge in [-0.1, -0.05) is 39.5 Å². The van der Waals surface area contributed by atoms with Crippen molar-refractivity contribution in [3.05, 3.63) is 6.42 Å². The quantitative estimate of drug-likeness (QED) is 0.219.